The number of anilines is 2. The molecule has 1 fully saturated rings. The van der Waals surface area contributed by atoms with Crippen LogP contribution in [-0.2, 0) is 4.74 Å². The van der Waals surface area contributed by atoms with Gasteiger partial charge in [-0.1, -0.05) is 0 Å². The second-order valence-corrected chi connectivity index (χ2v) is 3.57. The van der Waals surface area contributed by atoms with Crippen molar-refractivity contribution in [1.82, 2.24) is 4.98 Å². The van der Waals surface area contributed by atoms with Crippen LogP contribution in [0.5, 0.6) is 0 Å². The summed E-state index contributed by atoms with van der Waals surface area (Å²) < 4.78 is 5.36. The Morgan fingerprint density at radius 2 is 2.47 bits per heavy atom. The average molecular weight is 209 g/mol. The summed E-state index contributed by atoms with van der Waals surface area (Å²) in [6.07, 6.45) is 1.52. The molecule has 0 amide bonds. The molecule has 1 aromatic heterocycles. The van der Waals surface area contributed by atoms with Gasteiger partial charge in [0, 0.05) is 13.1 Å². The number of ether oxygens (including phenoxy) is 1. The van der Waals surface area contributed by atoms with Gasteiger partial charge in [0.1, 0.15) is 5.82 Å². The molecule has 0 spiro atoms. The predicted molar refractivity (Wildman–Crippen MR) is 57.7 cm³/mol. The molecular weight excluding hydrogens is 194 g/mol. The number of nitrogen functional groups attached to an aromatic ring is 1. The molecule has 1 aliphatic heterocycles. The van der Waals surface area contributed by atoms with Crippen LogP contribution in [0.1, 0.15) is 0 Å². The number of nitrogens with zero attached hydrogens (tertiary/aromatic N) is 2. The van der Waals surface area contributed by atoms with E-state index in [1.807, 2.05) is 12.1 Å². The van der Waals surface area contributed by atoms with Crippen LogP contribution in [0.4, 0.5) is 11.5 Å². The first-order chi connectivity index (χ1) is 7.29. The maximum absolute atomic E-state index is 9.01. The first kappa shape index (κ1) is 10.2. The van der Waals surface area contributed by atoms with Crippen molar-refractivity contribution < 1.29 is 9.84 Å². The van der Waals surface area contributed by atoms with Crippen molar-refractivity contribution in [1.29, 1.82) is 0 Å². The number of rotatable bonds is 2. The Labute approximate surface area is 88.5 Å². The first-order valence-electron chi connectivity index (χ1n) is 4.98. The summed E-state index contributed by atoms with van der Waals surface area (Å²) in [5.74, 6) is 0.881. The lowest BCUT2D eigenvalue weighted by Crippen LogP contribution is -2.44. The zero-order valence-electron chi connectivity index (χ0n) is 8.47. The summed E-state index contributed by atoms with van der Waals surface area (Å²) in [6, 6.07) is 3.71. The number of hydrogen-bond donors (Lipinski definition) is 2. The van der Waals surface area contributed by atoms with Crippen LogP contribution in [0.2, 0.25) is 0 Å². The van der Waals surface area contributed by atoms with Crippen molar-refractivity contribution in [3.63, 3.8) is 0 Å². The van der Waals surface area contributed by atoms with Gasteiger partial charge in [0.2, 0.25) is 0 Å². The Morgan fingerprint density at radius 1 is 1.60 bits per heavy atom. The second kappa shape index (κ2) is 4.46. The van der Waals surface area contributed by atoms with E-state index in [1.165, 1.54) is 0 Å². The van der Waals surface area contributed by atoms with Gasteiger partial charge in [-0.15, -0.1) is 0 Å². The number of pyridine rings is 1. The third kappa shape index (κ3) is 2.37. The SMILES string of the molecule is Nc1ccc(N2CCOC(CO)C2)nc1. The highest BCUT2D eigenvalue weighted by Crippen LogP contribution is 2.15. The number of aromatic nitrogens is 1. The van der Waals surface area contributed by atoms with E-state index in [9.17, 15) is 0 Å². The van der Waals surface area contributed by atoms with Gasteiger partial charge in [0.25, 0.3) is 0 Å². The summed E-state index contributed by atoms with van der Waals surface area (Å²) in [5.41, 5.74) is 6.22. The summed E-state index contributed by atoms with van der Waals surface area (Å²) in [5, 5.41) is 9.01. The van der Waals surface area contributed by atoms with Crippen molar-refractivity contribution in [2.24, 2.45) is 0 Å². The zero-order chi connectivity index (χ0) is 10.7. The molecule has 0 bridgehead atoms. The van der Waals surface area contributed by atoms with Crippen molar-refractivity contribution in [3.05, 3.63) is 18.3 Å². The number of nitrogens with two attached hydrogens (primary N) is 1. The van der Waals surface area contributed by atoms with Crippen molar-refractivity contribution >= 4 is 11.5 Å². The van der Waals surface area contributed by atoms with Crippen LogP contribution in [0.15, 0.2) is 18.3 Å². The summed E-state index contributed by atoms with van der Waals surface area (Å²) in [6.45, 7) is 2.14. The molecule has 2 heterocycles. The van der Waals surface area contributed by atoms with Gasteiger partial charge < -0.3 is 20.5 Å². The lowest BCUT2D eigenvalue weighted by Gasteiger charge is -2.32. The van der Waals surface area contributed by atoms with Crippen LogP contribution in [-0.4, -0.2) is 42.5 Å². The third-order valence-corrected chi connectivity index (χ3v) is 2.44. The van der Waals surface area contributed by atoms with Gasteiger partial charge in [-0.05, 0) is 12.1 Å². The summed E-state index contributed by atoms with van der Waals surface area (Å²) in [7, 11) is 0. The molecular formula is C10H15N3O2. The Morgan fingerprint density at radius 3 is 3.13 bits per heavy atom. The Balaban J connectivity index is 2.06. The minimum absolute atomic E-state index is 0.0471. The van der Waals surface area contributed by atoms with Gasteiger partial charge in [0.15, 0.2) is 0 Å². The maximum Gasteiger partial charge on any atom is 0.128 e. The van der Waals surface area contributed by atoms with Crippen LogP contribution in [0.25, 0.3) is 0 Å². The molecule has 0 aromatic carbocycles. The molecule has 82 valence electrons. The average Bonchev–Trinajstić information content (AvgIpc) is 2.30. The fourth-order valence-corrected chi connectivity index (χ4v) is 1.62. The van der Waals surface area contributed by atoms with Gasteiger partial charge >= 0.3 is 0 Å². The van der Waals surface area contributed by atoms with E-state index >= 15 is 0 Å². The highest BCUT2D eigenvalue weighted by atomic mass is 16.5. The maximum atomic E-state index is 9.01. The number of morpholine rings is 1. The van der Waals surface area contributed by atoms with Crippen molar-refractivity contribution in [2.75, 3.05) is 36.9 Å². The fourth-order valence-electron chi connectivity index (χ4n) is 1.62. The van der Waals surface area contributed by atoms with Crippen LogP contribution in [0.3, 0.4) is 0 Å². The lowest BCUT2D eigenvalue weighted by molar-refractivity contribution is 0.00336. The normalized spacial score (nSPS) is 21.7. The molecule has 15 heavy (non-hydrogen) atoms. The van der Waals surface area contributed by atoms with Gasteiger partial charge in [-0.3, -0.25) is 0 Å². The molecule has 5 heteroatoms. The number of aliphatic hydroxyl groups excluding tert-OH is 1. The molecule has 0 saturated carbocycles. The van der Waals surface area contributed by atoms with E-state index < -0.39 is 0 Å². The molecule has 5 nitrogen and oxygen atoms in total. The van der Waals surface area contributed by atoms with E-state index in [0.29, 0.717) is 18.8 Å². The minimum atomic E-state index is -0.113. The highest BCUT2D eigenvalue weighted by Gasteiger charge is 2.20. The van der Waals surface area contributed by atoms with Crippen LogP contribution in [0, 0.1) is 0 Å². The lowest BCUT2D eigenvalue weighted by atomic mass is 10.2. The van der Waals surface area contributed by atoms with Gasteiger partial charge in [0.05, 0.1) is 31.2 Å². The molecule has 1 aromatic rings. The van der Waals surface area contributed by atoms with Gasteiger partial charge in [-0.25, -0.2) is 4.98 Å². The Bertz CT molecular complexity index is 315. The first-order valence-corrected chi connectivity index (χ1v) is 4.98. The molecule has 1 aliphatic rings. The second-order valence-electron chi connectivity index (χ2n) is 3.57. The van der Waals surface area contributed by atoms with E-state index in [2.05, 4.69) is 9.88 Å². The number of aliphatic hydroxyl groups is 1. The van der Waals surface area contributed by atoms with Crippen LogP contribution >= 0.6 is 0 Å². The van der Waals surface area contributed by atoms with E-state index in [0.717, 1.165) is 12.4 Å². The summed E-state index contributed by atoms with van der Waals surface area (Å²) >= 11 is 0. The highest BCUT2D eigenvalue weighted by molar-refractivity contribution is 5.46. The van der Waals surface area contributed by atoms with Crippen molar-refractivity contribution in [3.8, 4) is 0 Å². The standard InChI is InChI=1S/C10H15N3O2/c11-8-1-2-10(12-5-8)13-3-4-15-9(6-13)7-14/h1-2,5,9,14H,3-4,6-7,11H2. The van der Waals surface area contributed by atoms with Gasteiger partial charge in [-0.2, -0.15) is 0 Å². The topological polar surface area (TPSA) is 71.6 Å². The van der Waals surface area contributed by atoms with Crippen LogP contribution < -0.4 is 10.6 Å². The zero-order valence-corrected chi connectivity index (χ0v) is 8.47. The van der Waals surface area contributed by atoms with E-state index in [4.69, 9.17) is 15.6 Å². The fraction of sp³-hybridized carbons (Fsp3) is 0.500. The van der Waals surface area contributed by atoms with E-state index in [-0.39, 0.29) is 12.7 Å². The number of hydrogen-bond acceptors (Lipinski definition) is 5. The Kier molecular flexibility index (Phi) is 3.03. The molecule has 0 aliphatic carbocycles. The minimum Gasteiger partial charge on any atom is -0.397 e. The molecule has 0 radical (unpaired) electrons. The predicted octanol–water partition coefficient (Wildman–Crippen LogP) is -0.139. The third-order valence-electron chi connectivity index (χ3n) is 2.44. The van der Waals surface area contributed by atoms with E-state index in [1.54, 1.807) is 6.20 Å². The molecule has 2 rings (SSSR count). The molecule has 1 saturated heterocycles. The largest absolute Gasteiger partial charge is 0.397 e. The Hall–Kier alpha value is -1.33. The monoisotopic (exact) mass is 209 g/mol. The smallest absolute Gasteiger partial charge is 0.128 e. The quantitative estimate of drug-likeness (QED) is 0.709. The molecule has 3 N–H and O–H groups in total. The molecule has 1 unspecified atom stereocenters. The van der Waals surface area contributed by atoms with Crippen molar-refractivity contribution in [2.45, 2.75) is 6.10 Å². The summed E-state index contributed by atoms with van der Waals surface area (Å²) in [4.78, 5) is 6.32. The molecule has 1 atom stereocenters.